The maximum absolute atomic E-state index is 13.0. The Morgan fingerprint density at radius 2 is 1.96 bits per heavy atom. The van der Waals surface area contributed by atoms with Crippen LogP contribution in [0.4, 0.5) is 10.1 Å². The molecule has 138 valence electrons. The molecule has 1 saturated heterocycles. The number of morpholine rings is 1. The highest BCUT2D eigenvalue weighted by atomic mass is 32.2. The summed E-state index contributed by atoms with van der Waals surface area (Å²) in [5, 5.41) is 3.33. The lowest BCUT2D eigenvalue weighted by atomic mass is 10.1. The van der Waals surface area contributed by atoms with Crippen LogP contribution in [0, 0.1) is 5.82 Å². The predicted octanol–water partition coefficient (Wildman–Crippen LogP) is 3.33. The van der Waals surface area contributed by atoms with E-state index in [1.54, 1.807) is 23.9 Å². The first-order valence-corrected chi connectivity index (χ1v) is 9.76. The van der Waals surface area contributed by atoms with Crippen molar-refractivity contribution in [3.8, 4) is 0 Å². The van der Waals surface area contributed by atoms with Gasteiger partial charge in [-0.2, -0.15) is 0 Å². The minimum absolute atomic E-state index is 0.0622. The Kier molecular flexibility index (Phi) is 7.05. The van der Waals surface area contributed by atoms with Gasteiger partial charge in [-0.1, -0.05) is 18.2 Å². The van der Waals surface area contributed by atoms with E-state index in [4.69, 9.17) is 4.74 Å². The van der Waals surface area contributed by atoms with Gasteiger partial charge in [0.05, 0.1) is 13.2 Å². The van der Waals surface area contributed by atoms with Gasteiger partial charge in [-0.05, 0) is 36.4 Å². The third-order valence-electron chi connectivity index (χ3n) is 4.19. The highest BCUT2D eigenvalue weighted by Crippen LogP contribution is 2.21. The van der Waals surface area contributed by atoms with Crippen molar-refractivity contribution in [2.45, 2.75) is 17.4 Å². The second kappa shape index (κ2) is 9.71. The summed E-state index contributed by atoms with van der Waals surface area (Å²) in [5.41, 5.74) is 0.897. The van der Waals surface area contributed by atoms with Gasteiger partial charge >= 0.3 is 0 Å². The number of ether oxygens (including phenoxy) is 1. The minimum Gasteiger partial charge on any atom is -0.378 e. The SMILES string of the molecule is O=C(CC1COCCN1)N(CCSc1ccc(F)cc1)c1ccccc1. The number of benzene rings is 2. The summed E-state index contributed by atoms with van der Waals surface area (Å²) in [6, 6.07) is 16.2. The van der Waals surface area contributed by atoms with Crippen LogP contribution in [0.5, 0.6) is 0 Å². The highest BCUT2D eigenvalue weighted by Gasteiger charge is 2.22. The lowest BCUT2D eigenvalue weighted by Crippen LogP contribution is -2.45. The molecule has 26 heavy (non-hydrogen) atoms. The third kappa shape index (κ3) is 5.56. The monoisotopic (exact) mass is 374 g/mol. The van der Waals surface area contributed by atoms with Crippen LogP contribution in [0.15, 0.2) is 59.5 Å². The molecule has 2 aromatic rings. The van der Waals surface area contributed by atoms with Crippen molar-refractivity contribution in [2.24, 2.45) is 0 Å². The third-order valence-corrected chi connectivity index (χ3v) is 5.18. The van der Waals surface area contributed by atoms with Gasteiger partial charge in [0.25, 0.3) is 0 Å². The largest absolute Gasteiger partial charge is 0.378 e. The van der Waals surface area contributed by atoms with Crippen LogP contribution in [-0.4, -0.2) is 44.0 Å². The van der Waals surface area contributed by atoms with Crippen molar-refractivity contribution in [1.29, 1.82) is 0 Å². The molecule has 3 rings (SSSR count). The van der Waals surface area contributed by atoms with E-state index in [9.17, 15) is 9.18 Å². The van der Waals surface area contributed by atoms with E-state index in [1.807, 2.05) is 35.2 Å². The Morgan fingerprint density at radius 3 is 2.65 bits per heavy atom. The van der Waals surface area contributed by atoms with Gasteiger partial charge in [0.1, 0.15) is 5.82 Å². The second-order valence-electron chi connectivity index (χ2n) is 6.11. The molecule has 1 aliphatic heterocycles. The second-order valence-corrected chi connectivity index (χ2v) is 7.28. The Hall–Kier alpha value is -1.89. The molecule has 6 heteroatoms. The predicted molar refractivity (Wildman–Crippen MR) is 103 cm³/mol. The molecule has 1 heterocycles. The topological polar surface area (TPSA) is 41.6 Å². The molecule has 1 aliphatic rings. The molecule has 1 fully saturated rings. The van der Waals surface area contributed by atoms with E-state index in [0.717, 1.165) is 22.9 Å². The number of carbonyl (C=O) groups excluding carboxylic acids is 1. The van der Waals surface area contributed by atoms with Gasteiger partial charge in [-0.3, -0.25) is 4.79 Å². The van der Waals surface area contributed by atoms with E-state index in [1.165, 1.54) is 12.1 Å². The van der Waals surface area contributed by atoms with E-state index in [0.29, 0.717) is 26.2 Å². The van der Waals surface area contributed by atoms with Gasteiger partial charge < -0.3 is 15.0 Å². The zero-order valence-corrected chi connectivity index (χ0v) is 15.4. The van der Waals surface area contributed by atoms with Crippen LogP contribution in [0.2, 0.25) is 0 Å². The van der Waals surface area contributed by atoms with Gasteiger partial charge in [0, 0.05) is 41.9 Å². The zero-order chi connectivity index (χ0) is 18.2. The van der Waals surface area contributed by atoms with Gasteiger partial charge in [0.2, 0.25) is 5.91 Å². The Bertz CT molecular complexity index is 691. The van der Waals surface area contributed by atoms with Crippen LogP contribution in [0.1, 0.15) is 6.42 Å². The molecular weight excluding hydrogens is 351 g/mol. The molecule has 1 atom stereocenters. The molecule has 2 aromatic carbocycles. The van der Waals surface area contributed by atoms with Crippen molar-refractivity contribution in [3.63, 3.8) is 0 Å². The number of anilines is 1. The summed E-state index contributed by atoms with van der Waals surface area (Å²) >= 11 is 1.61. The fraction of sp³-hybridized carbons (Fsp3) is 0.350. The van der Waals surface area contributed by atoms with Crippen LogP contribution in [-0.2, 0) is 9.53 Å². The van der Waals surface area contributed by atoms with E-state index in [-0.39, 0.29) is 17.8 Å². The molecule has 0 spiro atoms. The number of para-hydroxylation sites is 1. The summed E-state index contributed by atoms with van der Waals surface area (Å²) in [6.45, 7) is 2.64. The van der Waals surface area contributed by atoms with Gasteiger partial charge in [-0.25, -0.2) is 4.39 Å². The maximum Gasteiger partial charge on any atom is 0.228 e. The molecule has 0 aliphatic carbocycles. The molecule has 4 nitrogen and oxygen atoms in total. The van der Waals surface area contributed by atoms with Crippen molar-refractivity contribution >= 4 is 23.4 Å². The van der Waals surface area contributed by atoms with E-state index in [2.05, 4.69) is 5.32 Å². The molecular formula is C20H23FN2O2S. The highest BCUT2D eigenvalue weighted by molar-refractivity contribution is 7.99. The first-order chi connectivity index (χ1) is 12.7. The number of hydrogen-bond donors (Lipinski definition) is 1. The fourth-order valence-electron chi connectivity index (χ4n) is 2.86. The summed E-state index contributed by atoms with van der Waals surface area (Å²) < 4.78 is 18.5. The summed E-state index contributed by atoms with van der Waals surface area (Å²) in [6.07, 6.45) is 0.413. The first-order valence-electron chi connectivity index (χ1n) is 8.77. The minimum atomic E-state index is -0.238. The van der Waals surface area contributed by atoms with Gasteiger partial charge in [0.15, 0.2) is 0 Å². The fourth-order valence-corrected chi connectivity index (χ4v) is 3.70. The lowest BCUT2D eigenvalue weighted by Gasteiger charge is -2.28. The van der Waals surface area contributed by atoms with Crippen LogP contribution in [0.25, 0.3) is 0 Å². The zero-order valence-electron chi connectivity index (χ0n) is 14.6. The number of rotatable bonds is 7. The smallest absolute Gasteiger partial charge is 0.228 e. The van der Waals surface area contributed by atoms with Gasteiger partial charge in [-0.15, -0.1) is 11.8 Å². The van der Waals surface area contributed by atoms with Crippen LogP contribution >= 0.6 is 11.8 Å². The number of thioether (sulfide) groups is 1. The molecule has 0 aromatic heterocycles. The normalized spacial score (nSPS) is 17.0. The Labute approximate surface area is 157 Å². The lowest BCUT2D eigenvalue weighted by molar-refractivity contribution is -0.119. The molecule has 1 unspecified atom stereocenters. The molecule has 0 radical (unpaired) electrons. The number of halogens is 1. The van der Waals surface area contributed by atoms with E-state index < -0.39 is 0 Å². The first kappa shape index (κ1) is 18.9. The van der Waals surface area contributed by atoms with Crippen molar-refractivity contribution in [1.82, 2.24) is 5.32 Å². The summed E-state index contributed by atoms with van der Waals surface area (Å²) in [7, 11) is 0. The number of carbonyl (C=O) groups is 1. The average Bonchev–Trinajstić information content (AvgIpc) is 2.68. The standard InChI is InChI=1S/C20H23FN2O2S/c21-16-6-8-19(9-7-16)26-13-11-23(18-4-2-1-3-5-18)20(24)14-17-15-25-12-10-22-17/h1-9,17,22H,10-15H2. The molecule has 1 amide bonds. The quantitative estimate of drug-likeness (QED) is 0.755. The maximum atomic E-state index is 13.0. The summed E-state index contributed by atoms with van der Waals surface area (Å²) in [5.74, 6) is 0.581. The number of hydrogen-bond acceptors (Lipinski definition) is 4. The Morgan fingerprint density at radius 1 is 1.19 bits per heavy atom. The van der Waals surface area contributed by atoms with Crippen LogP contribution < -0.4 is 10.2 Å². The molecule has 0 bridgehead atoms. The van der Waals surface area contributed by atoms with Crippen molar-refractivity contribution < 1.29 is 13.9 Å². The number of nitrogens with one attached hydrogen (secondary N) is 1. The Balaban J connectivity index is 1.61. The number of amides is 1. The average molecular weight is 374 g/mol. The van der Waals surface area contributed by atoms with Crippen LogP contribution in [0.3, 0.4) is 0 Å². The number of nitrogens with zero attached hydrogens (tertiary/aromatic N) is 1. The summed E-state index contributed by atoms with van der Waals surface area (Å²) in [4.78, 5) is 15.7. The molecule has 0 saturated carbocycles. The van der Waals surface area contributed by atoms with Crippen molar-refractivity contribution in [3.05, 3.63) is 60.4 Å². The van der Waals surface area contributed by atoms with E-state index >= 15 is 0 Å². The van der Waals surface area contributed by atoms with Crippen molar-refractivity contribution in [2.75, 3.05) is 37.0 Å². The molecule has 1 N–H and O–H groups in total.